The Morgan fingerprint density at radius 1 is 1.09 bits per heavy atom. The SMILES string of the molecule is O=S(=O)(c1c[nH]c2ccccc12)C1CCN(CC2CC2)CC1. The summed E-state index contributed by atoms with van der Waals surface area (Å²) in [6.07, 6.45) is 5.89. The van der Waals surface area contributed by atoms with Crippen LogP contribution in [0.2, 0.25) is 0 Å². The monoisotopic (exact) mass is 318 g/mol. The van der Waals surface area contributed by atoms with Gasteiger partial charge in [-0.15, -0.1) is 0 Å². The number of sulfone groups is 1. The predicted molar refractivity (Wildman–Crippen MR) is 87.7 cm³/mol. The van der Waals surface area contributed by atoms with Crippen LogP contribution in [0, 0.1) is 5.92 Å². The van der Waals surface area contributed by atoms with Gasteiger partial charge in [-0.05, 0) is 50.8 Å². The molecular formula is C17H22N2O2S. The Morgan fingerprint density at radius 2 is 1.82 bits per heavy atom. The van der Waals surface area contributed by atoms with Crippen LogP contribution in [0.1, 0.15) is 25.7 Å². The van der Waals surface area contributed by atoms with Crippen LogP contribution in [-0.2, 0) is 9.84 Å². The molecule has 22 heavy (non-hydrogen) atoms. The van der Waals surface area contributed by atoms with E-state index in [1.165, 1.54) is 19.4 Å². The Hall–Kier alpha value is -1.33. The number of fused-ring (bicyclic) bond motifs is 1. The van der Waals surface area contributed by atoms with Crippen LogP contribution in [0.4, 0.5) is 0 Å². The van der Waals surface area contributed by atoms with E-state index in [2.05, 4.69) is 9.88 Å². The lowest BCUT2D eigenvalue weighted by Crippen LogP contribution is -2.40. The number of likely N-dealkylation sites (tertiary alicyclic amines) is 1. The van der Waals surface area contributed by atoms with Crippen molar-refractivity contribution >= 4 is 20.7 Å². The molecule has 2 fully saturated rings. The van der Waals surface area contributed by atoms with Crippen molar-refractivity contribution in [1.82, 2.24) is 9.88 Å². The molecule has 0 unspecified atom stereocenters. The number of benzene rings is 1. The summed E-state index contributed by atoms with van der Waals surface area (Å²) in [5, 5.41) is 0.588. The van der Waals surface area contributed by atoms with Gasteiger partial charge in [0.05, 0.1) is 10.1 Å². The summed E-state index contributed by atoms with van der Waals surface area (Å²) in [5.41, 5.74) is 0.896. The van der Waals surface area contributed by atoms with Gasteiger partial charge in [0.1, 0.15) is 0 Å². The third-order valence-electron chi connectivity index (χ3n) is 5.04. The first-order chi connectivity index (χ1) is 10.6. The molecule has 118 valence electrons. The molecule has 0 spiro atoms. The molecule has 1 aromatic carbocycles. The molecule has 1 N–H and O–H groups in total. The Balaban J connectivity index is 1.53. The molecule has 0 atom stereocenters. The normalized spacial score (nSPS) is 21.5. The summed E-state index contributed by atoms with van der Waals surface area (Å²) in [4.78, 5) is 6.01. The smallest absolute Gasteiger partial charge is 0.183 e. The van der Waals surface area contributed by atoms with Gasteiger partial charge in [-0.2, -0.15) is 0 Å². The van der Waals surface area contributed by atoms with E-state index in [1.807, 2.05) is 24.3 Å². The fourth-order valence-corrected chi connectivity index (χ4v) is 5.43. The van der Waals surface area contributed by atoms with Crippen molar-refractivity contribution in [3.8, 4) is 0 Å². The van der Waals surface area contributed by atoms with E-state index in [1.54, 1.807) is 6.20 Å². The molecule has 1 aromatic heterocycles. The number of nitrogens with zero attached hydrogens (tertiary/aromatic N) is 1. The maximum Gasteiger partial charge on any atom is 0.183 e. The number of aromatic amines is 1. The molecule has 1 aliphatic heterocycles. The number of hydrogen-bond donors (Lipinski definition) is 1. The van der Waals surface area contributed by atoms with E-state index in [0.29, 0.717) is 4.90 Å². The Labute approximate surface area is 131 Å². The fourth-order valence-electron chi connectivity index (χ4n) is 3.53. The number of H-pyrrole nitrogens is 1. The van der Waals surface area contributed by atoms with Gasteiger partial charge in [-0.1, -0.05) is 18.2 Å². The number of rotatable bonds is 4. The first-order valence-electron chi connectivity index (χ1n) is 8.17. The van der Waals surface area contributed by atoms with Gasteiger partial charge in [0.15, 0.2) is 9.84 Å². The zero-order valence-corrected chi connectivity index (χ0v) is 13.5. The minimum Gasteiger partial charge on any atom is -0.360 e. The third kappa shape index (κ3) is 2.57. The first kappa shape index (κ1) is 14.3. The van der Waals surface area contributed by atoms with E-state index >= 15 is 0 Å². The Bertz CT molecular complexity index is 769. The molecule has 0 bridgehead atoms. The van der Waals surface area contributed by atoms with Crippen molar-refractivity contribution in [2.45, 2.75) is 35.8 Å². The zero-order chi connectivity index (χ0) is 15.2. The van der Waals surface area contributed by atoms with Gasteiger partial charge in [-0.25, -0.2) is 8.42 Å². The number of hydrogen-bond acceptors (Lipinski definition) is 3. The van der Waals surface area contributed by atoms with Crippen LogP contribution in [0.3, 0.4) is 0 Å². The second-order valence-corrected chi connectivity index (χ2v) is 8.88. The molecule has 2 aromatic rings. The van der Waals surface area contributed by atoms with Crippen LogP contribution in [-0.4, -0.2) is 43.2 Å². The molecule has 5 heteroatoms. The van der Waals surface area contributed by atoms with Gasteiger partial charge in [0.25, 0.3) is 0 Å². The Morgan fingerprint density at radius 3 is 2.55 bits per heavy atom. The molecule has 1 saturated heterocycles. The average molecular weight is 318 g/mol. The molecule has 2 heterocycles. The van der Waals surface area contributed by atoms with Crippen molar-refractivity contribution in [2.75, 3.05) is 19.6 Å². The largest absolute Gasteiger partial charge is 0.360 e. The molecule has 1 aliphatic carbocycles. The van der Waals surface area contributed by atoms with E-state index in [9.17, 15) is 8.42 Å². The zero-order valence-electron chi connectivity index (χ0n) is 12.7. The van der Waals surface area contributed by atoms with Crippen LogP contribution in [0.5, 0.6) is 0 Å². The lowest BCUT2D eigenvalue weighted by molar-refractivity contribution is 0.221. The quantitative estimate of drug-likeness (QED) is 0.943. The standard InChI is InChI=1S/C17H22N2O2S/c20-22(21,17-11-18-16-4-2-1-3-15(16)17)14-7-9-19(10-8-14)12-13-5-6-13/h1-4,11,13-14,18H,5-10,12H2. The second-order valence-electron chi connectivity index (χ2n) is 6.69. The number of aromatic nitrogens is 1. The minimum atomic E-state index is -3.24. The summed E-state index contributed by atoms with van der Waals surface area (Å²) >= 11 is 0. The maximum atomic E-state index is 13.0. The highest BCUT2D eigenvalue weighted by atomic mass is 32.2. The van der Waals surface area contributed by atoms with Gasteiger partial charge in [0, 0.05) is 23.6 Å². The van der Waals surface area contributed by atoms with Crippen molar-refractivity contribution in [3.05, 3.63) is 30.5 Å². The highest BCUT2D eigenvalue weighted by molar-refractivity contribution is 7.92. The van der Waals surface area contributed by atoms with Gasteiger partial charge in [-0.3, -0.25) is 0 Å². The fraction of sp³-hybridized carbons (Fsp3) is 0.529. The summed E-state index contributed by atoms with van der Waals surface area (Å²) < 4.78 is 25.9. The highest BCUT2D eigenvalue weighted by Crippen LogP contribution is 2.33. The summed E-state index contributed by atoms with van der Waals surface area (Å²) in [7, 11) is -3.24. The molecule has 2 aliphatic rings. The number of piperidine rings is 1. The predicted octanol–water partition coefficient (Wildman–Crippen LogP) is 2.82. The average Bonchev–Trinajstić information content (AvgIpc) is 3.23. The van der Waals surface area contributed by atoms with Gasteiger partial charge >= 0.3 is 0 Å². The Kier molecular flexibility index (Phi) is 3.50. The van der Waals surface area contributed by atoms with Crippen LogP contribution >= 0.6 is 0 Å². The van der Waals surface area contributed by atoms with E-state index < -0.39 is 9.84 Å². The lowest BCUT2D eigenvalue weighted by Gasteiger charge is -2.31. The molecular weight excluding hydrogens is 296 g/mol. The third-order valence-corrected chi connectivity index (χ3v) is 7.34. The minimum absolute atomic E-state index is 0.234. The molecule has 4 rings (SSSR count). The maximum absolute atomic E-state index is 13.0. The van der Waals surface area contributed by atoms with E-state index in [-0.39, 0.29) is 5.25 Å². The van der Waals surface area contributed by atoms with E-state index in [0.717, 1.165) is 42.8 Å². The molecule has 0 radical (unpaired) electrons. The molecule has 4 nitrogen and oxygen atoms in total. The van der Waals surface area contributed by atoms with Crippen molar-refractivity contribution in [1.29, 1.82) is 0 Å². The van der Waals surface area contributed by atoms with Crippen molar-refractivity contribution < 1.29 is 8.42 Å². The number of nitrogens with one attached hydrogen (secondary N) is 1. The van der Waals surface area contributed by atoms with Crippen molar-refractivity contribution in [3.63, 3.8) is 0 Å². The van der Waals surface area contributed by atoms with Gasteiger partial charge < -0.3 is 9.88 Å². The first-order valence-corrected chi connectivity index (χ1v) is 9.71. The van der Waals surface area contributed by atoms with Crippen LogP contribution in [0.15, 0.2) is 35.4 Å². The van der Waals surface area contributed by atoms with Gasteiger partial charge in [0.2, 0.25) is 0 Å². The molecule has 0 amide bonds. The van der Waals surface area contributed by atoms with Crippen LogP contribution in [0.25, 0.3) is 10.9 Å². The van der Waals surface area contributed by atoms with E-state index in [4.69, 9.17) is 0 Å². The lowest BCUT2D eigenvalue weighted by atomic mass is 10.1. The topological polar surface area (TPSA) is 53.2 Å². The number of para-hydroxylation sites is 1. The highest BCUT2D eigenvalue weighted by Gasteiger charge is 2.34. The second kappa shape index (κ2) is 5.39. The summed E-state index contributed by atoms with van der Waals surface area (Å²) in [6, 6.07) is 7.63. The molecule has 1 saturated carbocycles. The summed E-state index contributed by atoms with van der Waals surface area (Å²) in [6.45, 7) is 3.01. The van der Waals surface area contributed by atoms with Crippen molar-refractivity contribution in [2.24, 2.45) is 5.92 Å². The summed E-state index contributed by atoms with van der Waals surface area (Å²) in [5.74, 6) is 0.877. The van der Waals surface area contributed by atoms with Crippen LogP contribution < -0.4 is 0 Å².